The van der Waals surface area contributed by atoms with Crippen LogP contribution < -0.4 is 5.56 Å². The number of thiazole rings is 1. The molecule has 0 bridgehead atoms. The Labute approximate surface area is 97.4 Å². The second-order valence-corrected chi connectivity index (χ2v) is 4.12. The van der Waals surface area contributed by atoms with Gasteiger partial charge < -0.3 is 0 Å². The number of hydrogen-bond acceptors (Lipinski definition) is 4. The Morgan fingerprint density at radius 3 is 2.71 bits per heavy atom. The maximum absolute atomic E-state index is 12.4. The van der Waals surface area contributed by atoms with E-state index < -0.39 is 17.4 Å². The summed E-state index contributed by atoms with van der Waals surface area (Å²) in [5.74, 6) is 0. The van der Waals surface area contributed by atoms with Gasteiger partial charge in [0.15, 0.2) is 5.69 Å². The van der Waals surface area contributed by atoms with Gasteiger partial charge in [-0.1, -0.05) is 0 Å². The number of rotatable bonds is 2. The van der Waals surface area contributed by atoms with Gasteiger partial charge in [-0.15, -0.1) is 11.3 Å². The molecule has 0 spiro atoms. The zero-order valence-corrected chi connectivity index (χ0v) is 9.13. The van der Waals surface area contributed by atoms with Crippen molar-refractivity contribution in [3.8, 4) is 0 Å². The first-order valence-corrected chi connectivity index (χ1v) is 5.38. The number of aromatic nitrogens is 3. The van der Waals surface area contributed by atoms with E-state index >= 15 is 0 Å². The predicted octanol–water partition coefficient (Wildman–Crippen LogP) is 1.77. The fourth-order valence-corrected chi connectivity index (χ4v) is 1.77. The molecule has 0 fully saturated rings. The van der Waals surface area contributed by atoms with Crippen LogP contribution >= 0.6 is 11.3 Å². The maximum atomic E-state index is 12.4. The van der Waals surface area contributed by atoms with Crippen LogP contribution in [0.5, 0.6) is 0 Å². The van der Waals surface area contributed by atoms with Crippen LogP contribution in [-0.2, 0) is 12.7 Å². The fraction of sp³-hybridized carbons (Fsp3) is 0.222. The van der Waals surface area contributed by atoms with Crippen LogP contribution in [0.2, 0.25) is 0 Å². The third-order valence-electron chi connectivity index (χ3n) is 1.93. The highest BCUT2D eigenvalue weighted by atomic mass is 32.1. The Morgan fingerprint density at radius 1 is 1.35 bits per heavy atom. The SMILES string of the molecule is O=c1ccc(C(F)(F)F)nn1Cc1nccs1. The molecule has 0 amide bonds. The van der Waals surface area contributed by atoms with Crippen molar-refractivity contribution in [3.63, 3.8) is 0 Å². The summed E-state index contributed by atoms with van der Waals surface area (Å²) in [6.07, 6.45) is -3.04. The quantitative estimate of drug-likeness (QED) is 0.827. The largest absolute Gasteiger partial charge is 0.435 e. The van der Waals surface area contributed by atoms with Crippen LogP contribution in [0.3, 0.4) is 0 Å². The van der Waals surface area contributed by atoms with Gasteiger partial charge in [-0.25, -0.2) is 9.67 Å². The average Bonchev–Trinajstić information content (AvgIpc) is 2.72. The van der Waals surface area contributed by atoms with Crippen LogP contribution in [0.4, 0.5) is 13.2 Å². The maximum Gasteiger partial charge on any atom is 0.435 e. The molecule has 0 aromatic carbocycles. The summed E-state index contributed by atoms with van der Waals surface area (Å²) in [6, 6.07) is 1.52. The zero-order valence-electron chi connectivity index (χ0n) is 8.31. The minimum atomic E-state index is -4.56. The molecule has 2 aromatic heterocycles. The van der Waals surface area contributed by atoms with Crippen molar-refractivity contribution >= 4 is 11.3 Å². The van der Waals surface area contributed by atoms with Crippen LogP contribution in [-0.4, -0.2) is 14.8 Å². The molecule has 0 atom stereocenters. The lowest BCUT2D eigenvalue weighted by Gasteiger charge is -2.07. The summed E-state index contributed by atoms with van der Waals surface area (Å²) in [7, 11) is 0. The second kappa shape index (κ2) is 4.28. The summed E-state index contributed by atoms with van der Waals surface area (Å²) < 4.78 is 37.9. The van der Waals surface area contributed by atoms with Crippen molar-refractivity contribution < 1.29 is 13.2 Å². The lowest BCUT2D eigenvalue weighted by atomic mass is 10.4. The minimum Gasteiger partial charge on any atom is -0.268 e. The Balaban J connectivity index is 2.37. The van der Waals surface area contributed by atoms with Gasteiger partial charge in [0.25, 0.3) is 5.56 Å². The van der Waals surface area contributed by atoms with E-state index in [-0.39, 0.29) is 6.54 Å². The first kappa shape index (κ1) is 11.8. The second-order valence-electron chi connectivity index (χ2n) is 3.14. The molecule has 90 valence electrons. The van der Waals surface area contributed by atoms with E-state index in [9.17, 15) is 18.0 Å². The first-order chi connectivity index (χ1) is 7.97. The molecule has 0 aliphatic heterocycles. The topological polar surface area (TPSA) is 47.8 Å². The molecule has 0 radical (unpaired) electrons. The number of hydrogen-bond donors (Lipinski definition) is 0. The molecule has 0 unspecified atom stereocenters. The Kier molecular flexibility index (Phi) is 2.97. The van der Waals surface area contributed by atoms with Crippen LogP contribution in [0.25, 0.3) is 0 Å². The summed E-state index contributed by atoms with van der Waals surface area (Å²) >= 11 is 1.25. The normalized spacial score (nSPS) is 11.7. The van der Waals surface area contributed by atoms with Crippen LogP contribution in [0, 0.1) is 0 Å². The van der Waals surface area contributed by atoms with Crippen LogP contribution in [0.1, 0.15) is 10.7 Å². The highest BCUT2D eigenvalue weighted by molar-refractivity contribution is 7.09. The van der Waals surface area contributed by atoms with Crippen molar-refractivity contribution in [2.45, 2.75) is 12.7 Å². The smallest absolute Gasteiger partial charge is 0.268 e. The molecule has 0 saturated heterocycles. The van der Waals surface area contributed by atoms with Gasteiger partial charge in [-0.3, -0.25) is 4.79 Å². The van der Waals surface area contributed by atoms with E-state index in [1.165, 1.54) is 17.5 Å². The Bertz CT molecular complexity index is 562. The molecule has 17 heavy (non-hydrogen) atoms. The average molecular weight is 261 g/mol. The molecular weight excluding hydrogens is 255 g/mol. The van der Waals surface area contributed by atoms with Crippen molar-refractivity contribution in [1.29, 1.82) is 0 Å². The Hall–Kier alpha value is -1.70. The number of nitrogens with zero attached hydrogens (tertiary/aromatic N) is 3. The van der Waals surface area contributed by atoms with Gasteiger partial charge in [-0.05, 0) is 6.07 Å². The minimum absolute atomic E-state index is 0.0551. The lowest BCUT2D eigenvalue weighted by Crippen LogP contribution is -2.26. The summed E-state index contributed by atoms with van der Waals surface area (Å²) in [6.45, 7) is -0.0551. The van der Waals surface area contributed by atoms with Gasteiger partial charge in [0.1, 0.15) is 5.01 Å². The number of alkyl halides is 3. The summed E-state index contributed by atoms with van der Waals surface area (Å²) in [5, 5.41) is 5.47. The van der Waals surface area contributed by atoms with Crippen molar-refractivity contribution in [3.05, 3.63) is 44.8 Å². The van der Waals surface area contributed by atoms with Crippen molar-refractivity contribution in [2.75, 3.05) is 0 Å². The zero-order chi connectivity index (χ0) is 12.5. The number of halogens is 3. The van der Waals surface area contributed by atoms with E-state index in [1.54, 1.807) is 5.38 Å². The van der Waals surface area contributed by atoms with Gasteiger partial charge in [0, 0.05) is 17.6 Å². The van der Waals surface area contributed by atoms with Gasteiger partial charge in [0.05, 0.1) is 6.54 Å². The lowest BCUT2D eigenvalue weighted by molar-refractivity contribution is -0.142. The van der Waals surface area contributed by atoms with E-state index in [1.807, 2.05) is 0 Å². The summed E-state index contributed by atoms with van der Waals surface area (Å²) in [4.78, 5) is 15.2. The molecule has 0 aliphatic rings. The van der Waals surface area contributed by atoms with Crippen LogP contribution in [0.15, 0.2) is 28.5 Å². The molecule has 0 N–H and O–H groups in total. The molecule has 8 heteroatoms. The molecule has 0 saturated carbocycles. The molecule has 2 heterocycles. The third-order valence-corrected chi connectivity index (χ3v) is 2.69. The van der Waals surface area contributed by atoms with E-state index in [0.717, 1.165) is 10.7 Å². The highest BCUT2D eigenvalue weighted by Crippen LogP contribution is 2.26. The fourth-order valence-electron chi connectivity index (χ4n) is 1.17. The molecule has 2 aromatic rings. The van der Waals surface area contributed by atoms with E-state index in [2.05, 4.69) is 10.1 Å². The summed E-state index contributed by atoms with van der Waals surface area (Å²) in [5.41, 5.74) is -1.68. The van der Waals surface area contributed by atoms with E-state index in [4.69, 9.17) is 0 Å². The monoisotopic (exact) mass is 261 g/mol. The van der Waals surface area contributed by atoms with Gasteiger partial charge in [0.2, 0.25) is 0 Å². The van der Waals surface area contributed by atoms with E-state index in [0.29, 0.717) is 11.1 Å². The molecule has 2 rings (SSSR count). The Morgan fingerprint density at radius 2 is 2.12 bits per heavy atom. The standard InChI is InChI=1S/C9H6F3N3OS/c10-9(11,12)6-1-2-8(16)15(14-6)5-7-13-3-4-17-7/h1-4H,5H2. The molecule has 0 aliphatic carbocycles. The molecule has 4 nitrogen and oxygen atoms in total. The third kappa shape index (κ3) is 2.70. The molecular formula is C9H6F3N3OS. The first-order valence-electron chi connectivity index (χ1n) is 4.50. The van der Waals surface area contributed by atoms with Crippen molar-refractivity contribution in [1.82, 2.24) is 14.8 Å². The van der Waals surface area contributed by atoms with Gasteiger partial charge >= 0.3 is 6.18 Å². The predicted molar refractivity (Wildman–Crippen MR) is 54.7 cm³/mol. The van der Waals surface area contributed by atoms with Crippen molar-refractivity contribution in [2.24, 2.45) is 0 Å². The van der Waals surface area contributed by atoms with Gasteiger partial charge in [-0.2, -0.15) is 18.3 Å². The highest BCUT2D eigenvalue weighted by Gasteiger charge is 2.33.